The van der Waals surface area contributed by atoms with Crippen molar-refractivity contribution in [2.75, 3.05) is 6.26 Å². The molecule has 6 nitrogen and oxygen atoms in total. The van der Waals surface area contributed by atoms with Gasteiger partial charge >= 0.3 is 0 Å². The van der Waals surface area contributed by atoms with Crippen molar-refractivity contribution >= 4 is 28.7 Å². The number of amides is 1. The van der Waals surface area contributed by atoms with Crippen molar-refractivity contribution in [3.05, 3.63) is 57.5 Å². The smallest absolute Gasteiger partial charge is 0.278 e. The van der Waals surface area contributed by atoms with E-state index in [2.05, 4.69) is 24.1 Å². The molecule has 0 saturated carbocycles. The summed E-state index contributed by atoms with van der Waals surface area (Å²) in [6.45, 7) is 10.7. The number of thioether (sulfide) groups is 1. The predicted octanol–water partition coefficient (Wildman–Crippen LogP) is 4.07. The summed E-state index contributed by atoms with van der Waals surface area (Å²) in [6, 6.07) is 9.89. The van der Waals surface area contributed by atoms with Gasteiger partial charge in [-0.05, 0) is 44.6 Å². The summed E-state index contributed by atoms with van der Waals surface area (Å²) < 4.78 is 3.50. The number of nitrogens with one attached hydrogen (secondary N) is 1. The minimum atomic E-state index is -0.132. The van der Waals surface area contributed by atoms with E-state index in [1.54, 1.807) is 9.13 Å². The van der Waals surface area contributed by atoms with E-state index >= 15 is 0 Å². The van der Waals surface area contributed by atoms with Crippen LogP contribution in [0.3, 0.4) is 0 Å². The molecule has 3 aromatic rings. The lowest BCUT2D eigenvalue weighted by Crippen LogP contribution is -2.32. The first-order valence-corrected chi connectivity index (χ1v) is 11.4. The Morgan fingerprint density at radius 3 is 2.40 bits per heavy atom. The molecule has 2 aromatic heterocycles. The molecule has 0 aliphatic rings. The van der Waals surface area contributed by atoms with Crippen LogP contribution < -0.4 is 10.9 Å². The number of hydrogen-bond acceptors (Lipinski definition) is 4. The fraction of sp³-hybridized carbons (Fsp3) is 0.435. The molecule has 1 unspecified atom stereocenters. The van der Waals surface area contributed by atoms with Gasteiger partial charge in [-0.3, -0.25) is 14.2 Å². The highest BCUT2D eigenvalue weighted by atomic mass is 32.2. The summed E-state index contributed by atoms with van der Waals surface area (Å²) in [6.07, 6.45) is 1.92. The molecule has 0 radical (unpaired) electrons. The third kappa shape index (κ3) is 4.61. The van der Waals surface area contributed by atoms with Gasteiger partial charge in [0.05, 0.1) is 11.6 Å². The Bertz CT molecular complexity index is 1110. The van der Waals surface area contributed by atoms with Gasteiger partial charge in [-0.25, -0.2) is 4.98 Å². The highest BCUT2D eigenvalue weighted by molar-refractivity contribution is 7.98. The van der Waals surface area contributed by atoms with Gasteiger partial charge in [-0.1, -0.05) is 55.4 Å². The highest BCUT2D eigenvalue weighted by Crippen LogP contribution is 2.20. The van der Waals surface area contributed by atoms with E-state index in [1.165, 1.54) is 17.3 Å². The van der Waals surface area contributed by atoms with Crippen LogP contribution in [0.2, 0.25) is 0 Å². The quantitative estimate of drug-likeness (QED) is 0.457. The maximum Gasteiger partial charge on any atom is 0.278 e. The number of benzene rings is 1. The van der Waals surface area contributed by atoms with E-state index in [1.807, 2.05) is 57.4 Å². The lowest BCUT2D eigenvalue weighted by molar-refractivity contribution is -0.122. The van der Waals surface area contributed by atoms with Crippen LogP contribution in [0, 0.1) is 19.8 Å². The average molecular weight is 427 g/mol. The van der Waals surface area contributed by atoms with Gasteiger partial charge in [0, 0.05) is 12.2 Å². The molecule has 160 valence electrons. The minimum absolute atomic E-state index is 0.0861. The van der Waals surface area contributed by atoms with Crippen LogP contribution in [0.25, 0.3) is 11.0 Å². The van der Waals surface area contributed by atoms with Crippen LogP contribution >= 0.6 is 11.8 Å². The average Bonchev–Trinajstić information content (AvgIpc) is 2.99. The lowest BCUT2D eigenvalue weighted by Gasteiger charge is -2.17. The zero-order chi connectivity index (χ0) is 22.0. The standard InChI is InChI=1S/C23H30N4O2S/c1-14(2)12-27-22(29)21-19(25-23(27)30-6)11-16(4)26(21)13-20(28)24-17(5)18-9-7-15(3)8-10-18/h7-11,14,17H,12-13H2,1-6H3,(H,24,28). The van der Waals surface area contributed by atoms with Crippen molar-refractivity contribution in [3.63, 3.8) is 0 Å². The van der Waals surface area contributed by atoms with Crippen LogP contribution in [0.5, 0.6) is 0 Å². The van der Waals surface area contributed by atoms with Crippen LogP contribution in [0.4, 0.5) is 0 Å². The monoisotopic (exact) mass is 426 g/mol. The molecule has 0 fully saturated rings. The molecule has 7 heteroatoms. The van der Waals surface area contributed by atoms with E-state index in [0.29, 0.717) is 28.7 Å². The first kappa shape index (κ1) is 22.2. The van der Waals surface area contributed by atoms with Crippen molar-refractivity contribution in [2.24, 2.45) is 5.92 Å². The Morgan fingerprint density at radius 1 is 1.13 bits per heavy atom. The molecule has 0 aliphatic heterocycles. The predicted molar refractivity (Wildman–Crippen MR) is 123 cm³/mol. The van der Waals surface area contributed by atoms with E-state index in [-0.39, 0.29) is 24.1 Å². The second-order valence-electron chi connectivity index (χ2n) is 8.21. The van der Waals surface area contributed by atoms with Crippen LogP contribution in [0.15, 0.2) is 40.3 Å². The summed E-state index contributed by atoms with van der Waals surface area (Å²) in [5.74, 6) is 0.184. The molecule has 30 heavy (non-hydrogen) atoms. The van der Waals surface area contributed by atoms with Crippen LogP contribution in [-0.2, 0) is 17.9 Å². The second-order valence-corrected chi connectivity index (χ2v) is 8.99. The summed E-state index contributed by atoms with van der Waals surface area (Å²) in [4.78, 5) is 30.8. The molecule has 3 rings (SSSR count). The molecule has 1 aromatic carbocycles. The number of nitrogens with zero attached hydrogens (tertiary/aromatic N) is 3. The zero-order valence-electron chi connectivity index (χ0n) is 18.5. The SMILES string of the molecule is CSc1nc2cc(C)n(CC(=O)NC(C)c3ccc(C)cc3)c2c(=O)n1CC(C)C. The molecule has 0 aliphatic carbocycles. The molecule has 0 spiro atoms. The first-order valence-electron chi connectivity index (χ1n) is 10.2. The van der Waals surface area contributed by atoms with Gasteiger partial charge in [-0.2, -0.15) is 0 Å². The lowest BCUT2D eigenvalue weighted by atomic mass is 10.1. The van der Waals surface area contributed by atoms with Gasteiger partial charge in [-0.15, -0.1) is 0 Å². The summed E-state index contributed by atoms with van der Waals surface area (Å²) in [5.41, 5.74) is 4.12. The number of aromatic nitrogens is 3. The maximum absolute atomic E-state index is 13.3. The molecular formula is C23H30N4O2S. The fourth-order valence-corrected chi connectivity index (χ4v) is 4.17. The van der Waals surface area contributed by atoms with Gasteiger partial charge < -0.3 is 9.88 Å². The van der Waals surface area contributed by atoms with Crippen LogP contribution in [-0.4, -0.2) is 26.3 Å². The van der Waals surface area contributed by atoms with Gasteiger partial charge in [0.15, 0.2) is 5.16 Å². The fourth-order valence-electron chi connectivity index (χ4n) is 3.60. The third-order valence-electron chi connectivity index (χ3n) is 5.17. The highest BCUT2D eigenvalue weighted by Gasteiger charge is 2.19. The summed E-state index contributed by atoms with van der Waals surface area (Å²) >= 11 is 1.47. The molecule has 1 N–H and O–H groups in total. The number of carbonyl (C=O) groups is 1. The van der Waals surface area contributed by atoms with Gasteiger partial charge in [0.25, 0.3) is 5.56 Å². The third-order valence-corrected chi connectivity index (χ3v) is 5.84. The van der Waals surface area contributed by atoms with E-state index < -0.39 is 0 Å². The van der Waals surface area contributed by atoms with E-state index in [9.17, 15) is 9.59 Å². The largest absolute Gasteiger partial charge is 0.348 e. The van der Waals surface area contributed by atoms with Crippen molar-refractivity contribution in [3.8, 4) is 0 Å². The molecule has 0 saturated heterocycles. The Hall–Kier alpha value is -2.54. The van der Waals surface area contributed by atoms with Crippen molar-refractivity contribution in [1.29, 1.82) is 0 Å². The topological polar surface area (TPSA) is 68.9 Å². The molecule has 1 atom stereocenters. The Morgan fingerprint density at radius 2 is 1.80 bits per heavy atom. The van der Waals surface area contributed by atoms with Crippen molar-refractivity contribution < 1.29 is 4.79 Å². The van der Waals surface area contributed by atoms with Gasteiger partial charge in [0.1, 0.15) is 12.1 Å². The Labute approximate surface area is 181 Å². The van der Waals surface area contributed by atoms with Crippen LogP contribution in [0.1, 0.15) is 43.6 Å². The molecular weight excluding hydrogens is 396 g/mol. The number of hydrogen-bond donors (Lipinski definition) is 1. The first-order chi connectivity index (χ1) is 14.2. The van der Waals surface area contributed by atoms with E-state index in [4.69, 9.17) is 0 Å². The number of fused-ring (bicyclic) bond motifs is 1. The number of rotatable bonds is 7. The maximum atomic E-state index is 13.3. The Kier molecular flexibility index (Phi) is 6.71. The van der Waals surface area contributed by atoms with Crippen molar-refractivity contribution in [2.45, 2.75) is 58.9 Å². The summed E-state index contributed by atoms with van der Waals surface area (Å²) in [7, 11) is 0. The number of aryl methyl sites for hydroxylation is 2. The number of carbonyl (C=O) groups excluding carboxylic acids is 1. The normalized spacial score (nSPS) is 12.5. The molecule has 1 amide bonds. The van der Waals surface area contributed by atoms with Gasteiger partial charge in [0.2, 0.25) is 5.91 Å². The molecule has 0 bridgehead atoms. The summed E-state index contributed by atoms with van der Waals surface area (Å²) in [5, 5.41) is 3.75. The Balaban J connectivity index is 1.91. The zero-order valence-corrected chi connectivity index (χ0v) is 19.3. The van der Waals surface area contributed by atoms with Crippen molar-refractivity contribution in [1.82, 2.24) is 19.4 Å². The molecule has 2 heterocycles. The van der Waals surface area contributed by atoms with E-state index in [0.717, 1.165) is 11.3 Å². The minimum Gasteiger partial charge on any atom is -0.348 e. The second kappa shape index (κ2) is 9.08.